The van der Waals surface area contributed by atoms with Crippen LogP contribution < -0.4 is 4.90 Å². The molecule has 2 saturated heterocycles. The van der Waals surface area contributed by atoms with Crippen molar-refractivity contribution in [3.8, 4) is 0 Å². The fourth-order valence-electron chi connectivity index (χ4n) is 3.73. The van der Waals surface area contributed by atoms with E-state index in [0.29, 0.717) is 0 Å². The lowest BCUT2D eigenvalue weighted by Crippen LogP contribution is -2.38. The molecule has 5 rings (SSSR count). The highest BCUT2D eigenvalue weighted by molar-refractivity contribution is 7.98. The summed E-state index contributed by atoms with van der Waals surface area (Å²) in [5.41, 5.74) is 2.00. The van der Waals surface area contributed by atoms with E-state index in [1.807, 2.05) is 28.8 Å². The molecule has 0 bridgehead atoms. The normalized spacial score (nSPS) is 20.3. The second kappa shape index (κ2) is 8.10. The SMILES string of the molecule is c1ccn2cc(CSc3nnc(N4CCOCC4)n3CC3CCCO3)nc2c1. The van der Waals surface area contributed by atoms with Crippen molar-refractivity contribution in [1.29, 1.82) is 0 Å². The summed E-state index contributed by atoms with van der Waals surface area (Å²) in [4.78, 5) is 6.95. The van der Waals surface area contributed by atoms with Crippen molar-refractivity contribution < 1.29 is 9.47 Å². The first kappa shape index (κ1) is 18.0. The van der Waals surface area contributed by atoms with Crippen LogP contribution in [0.2, 0.25) is 0 Å². The predicted molar refractivity (Wildman–Crippen MR) is 107 cm³/mol. The lowest BCUT2D eigenvalue weighted by Gasteiger charge is -2.28. The number of imidazole rings is 1. The van der Waals surface area contributed by atoms with Gasteiger partial charge >= 0.3 is 0 Å². The second-order valence-corrected chi connectivity index (χ2v) is 8.06. The predicted octanol–water partition coefficient (Wildman–Crippen LogP) is 2.23. The van der Waals surface area contributed by atoms with Crippen LogP contribution in [-0.2, 0) is 21.8 Å². The molecule has 148 valence electrons. The Labute approximate surface area is 167 Å². The van der Waals surface area contributed by atoms with E-state index in [0.717, 1.165) is 80.5 Å². The van der Waals surface area contributed by atoms with E-state index in [1.165, 1.54) is 0 Å². The number of nitrogens with zero attached hydrogens (tertiary/aromatic N) is 6. The van der Waals surface area contributed by atoms with E-state index in [-0.39, 0.29) is 6.10 Å². The van der Waals surface area contributed by atoms with E-state index in [4.69, 9.17) is 14.5 Å². The van der Waals surface area contributed by atoms with Gasteiger partial charge in [-0.15, -0.1) is 10.2 Å². The van der Waals surface area contributed by atoms with Gasteiger partial charge in [0.1, 0.15) is 5.65 Å². The Morgan fingerprint density at radius 1 is 1.14 bits per heavy atom. The fraction of sp³-hybridized carbons (Fsp3) is 0.526. The van der Waals surface area contributed by atoms with Crippen LogP contribution in [0.4, 0.5) is 5.95 Å². The zero-order valence-corrected chi connectivity index (χ0v) is 16.6. The highest BCUT2D eigenvalue weighted by Gasteiger charge is 2.25. The number of morpholine rings is 1. The Balaban J connectivity index is 1.36. The van der Waals surface area contributed by atoms with Crippen LogP contribution in [0, 0.1) is 0 Å². The number of hydrogen-bond acceptors (Lipinski definition) is 7. The number of aromatic nitrogens is 5. The van der Waals surface area contributed by atoms with Crippen LogP contribution in [0.25, 0.3) is 5.65 Å². The summed E-state index contributed by atoms with van der Waals surface area (Å²) in [5.74, 6) is 1.69. The first-order valence-corrected chi connectivity index (χ1v) is 10.8. The first-order chi connectivity index (χ1) is 13.9. The maximum absolute atomic E-state index is 5.88. The van der Waals surface area contributed by atoms with Crippen molar-refractivity contribution in [3.63, 3.8) is 0 Å². The molecule has 0 aliphatic carbocycles. The number of fused-ring (bicyclic) bond motifs is 1. The number of rotatable bonds is 6. The van der Waals surface area contributed by atoms with Crippen LogP contribution in [0.15, 0.2) is 35.7 Å². The van der Waals surface area contributed by atoms with Crippen molar-refractivity contribution in [1.82, 2.24) is 24.1 Å². The average Bonchev–Trinajstić information content (AvgIpc) is 3.47. The van der Waals surface area contributed by atoms with Crippen molar-refractivity contribution in [2.75, 3.05) is 37.8 Å². The third kappa shape index (κ3) is 3.74. The number of pyridine rings is 1. The van der Waals surface area contributed by atoms with Gasteiger partial charge in [-0.2, -0.15) is 0 Å². The molecule has 3 aromatic heterocycles. The summed E-state index contributed by atoms with van der Waals surface area (Å²) in [6, 6.07) is 6.04. The Hall–Kier alpha value is -2.10. The molecule has 0 spiro atoms. The molecule has 3 aromatic rings. The van der Waals surface area contributed by atoms with Crippen molar-refractivity contribution in [2.24, 2.45) is 0 Å². The summed E-state index contributed by atoms with van der Waals surface area (Å²) in [6.07, 6.45) is 6.56. The van der Waals surface area contributed by atoms with Gasteiger partial charge in [0.25, 0.3) is 0 Å². The van der Waals surface area contributed by atoms with Gasteiger partial charge in [-0.3, -0.25) is 4.57 Å². The Kier molecular flexibility index (Phi) is 5.20. The Bertz CT molecular complexity index is 897. The number of ether oxygens (including phenoxy) is 2. The third-order valence-electron chi connectivity index (χ3n) is 5.16. The monoisotopic (exact) mass is 400 g/mol. The Morgan fingerprint density at radius 2 is 2.07 bits per heavy atom. The van der Waals surface area contributed by atoms with E-state index in [9.17, 15) is 0 Å². The minimum atomic E-state index is 0.241. The van der Waals surface area contributed by atoms with Crippen LogP contribution in [-0.4, -0.2) is 63.2 Å². The molecule has 5 heterocycles. The molecule has 9 heteroatoms. The number of thioether (sulfide) groups is 1. The quantitative estimate of drug-likeness (QED) is 0.588. The van der Waals surface area contributed by atoms with Crippen molar-refractivity contribution >= 4 is 23.4 Å². The molecule has 1 atom stereocenters. The summed E-state index contributed by atoms with van der Waals surface area (Å²) in [5, 5.41) is 9.95. The van der Waals surface area contributed by atoms with Gasteiger partial charge in [-0.25, -0.2) is 4.98 Å². The molecular weight excluding hydrogens is 376 g/mol. The number of anilines is 1. The second-order valence-electron chi connectivity index (χ2n) is 7.11. The molecule has 2 fully saturated rings. The molecule has 0 aromatic carbocycles. The van der Waals surface area contributed by atoms with Gasteiger partial charge in [-0.05, 0) is 25.0 Å². The topological polar surface area (TPSA) is 69.7 Å². The molecular formula is C19H24N6O2S. The number of hydrogen-bond donors (Lipinski definition) is 0. The molecule has 8 nitrogen and oxygen atoms in total. The minimum absolute atomic E-state index is 0.241. The van der Waals surface area contributed by atoms with Gasteiger partial charge in [0.05, 0.1) is 31.6 Å². The molecule has 28 heavy (non-hydrogen) atoms. The van der Waals surface area contributed by atoms with Crippen LogP contribution in [0.5, 0.6) is 0 Å². The smallest absolute Gasteiger partial charge is 0.228 e. The minimum Gasteiger partial charge on any atom is -0.378 e. The molecule has 0 amide bonds. The van der Waals surface area contributed by atoms with Crippen LogP contribution in [0.3, 0.4) is 0 Å². The largest absolute Gasteiger partial charge is 0.378 e. The summed E-state index contributed by atoms with van der Waals surface area (Å²) in [6.45, 7) is 4.81. The average molecular weight is 401 g/mol. The molecule has 0 N–H and O–H groups in total. The molecule has 2 aliphatic rings. The van der Waals surface area contributed by atoms with E-state index >= 15 is 0 Å². The highest BCUT2D eigenvalue weighted by atomic mass is 32.2. The van der Waals surface area contributed by atoms with E-state index < -0.39 is 0 Å². The zero-order chi connectivity index (χ0) is 18.8. The van der Waals surface area contributed by atoms with E-state index in [2.05, 4.69) is 25.9 Å². The van der Waals surface area contributed by atoms with Gasteiger partial charge in [-0.1, -0.05) is 17.8 Å². The Morgan fingerprint density at radius 3 is 2.89 bits per heavy atom. The summed E-state index contributed by atoms with van der Waals surface area (Å²) >= 11 is 1.68. The van der Waals surface area contributed by atoms with Gasteiger partial charge in [0, 0.05) is 37.8 Å². The lowest BCUT2D eigenvalue weighted by molar-refractivity contribution is 0.0942. The zero-order valence-electron chi connectivity index (χ0n) is 15.7. The molecule has 1 unspecified atom stereocenters. The van der Waals surface area contributed by atoms with E-state index in [1.54, 1.807) is 11.8 Å². The molecule has 0 saturated carbocycles. The van der Waals surface area contributed by atoms with Crippen molar-refractivity contribution in [2.45, 2.75) is 36.4 Å². The van der Waals surface area contributed by atoms with Gasteiger partial charge in [0.2, 0.25) is 5.95 Å². The summed E-state index contributed by atoms with van der Waals surface area (Å²) < 4.78 is 15.6. The highest BCUT2D eigenvalue weighted by Crippen LogP contribution is 2.27. The standard InChI is InChI=1S/C19H24N6O2S/c1-2-6-24-12-15(20-17(24)5-1)14-28-19-22-21-18(23-7-10-26-11-8-23)25(19)13-16-4-3-9-27-16/h1-2,5-6,12,16H,3-4,7-11,13-14H2. The maximum Gasteiger partial charge on any atom is 0.228 e. The third-order valence-corrected chi connectivity index (χ3v) is 6.16. The van der Waals surface area contributed by atoms with Crippen molar-refractivity contribution in [3.05, 3.63) is 36.3 Å². The van der Waals surface area contributed by atoms with Crippen LogP contribution >= 0.6 is 11.8 Å². The van der Waals surface area contributed by atoms with Gasteiger partial charge in [0.15, 0.2) is 5.16 Å². The van der Waals surface area contributed by atoms with Gasteiger partial charge < -0.3 is 18.8 Å². The molecule has 0 radical (unpaired) electrons. The first-order valence-electron chi connectivity index (χ1n) is 9.80. The maximum atomic E-state index is 5.88. The fourth-order valence-corrected chi connectivity index (χ4v) is 4.56. The summed E-state index contributed by atoms with van der Waals surface area (Å²) in [7, 11) is 0. The van der Waals surface area contributed by atoms with Crippen LogP contribution in [0.1, 0.15) is 18.5 Å². The molecule has 2 aliphatic heterocycles. The lowest BCUT2D eigenvalue weighted by atomic mass is 10.2.